The Labute approximate surface area is 575 Å². The highest BCUT2D eigenvalue weighted by Crippen LogP contribution is 2.44. The van der Waals surface area contributed by atoms with Crippen molar-refractivity contribution in [2.24, 2.45) is 0 Å². The molecule has 0 unspecified atom stereocenters. The molecular weight excluding hydrogens is 1250 g/mol. The number of likely N-dealkylation sites (N-methyl/N-ethyl adjacent to an activating group) is 3. The minimum Gasteiger partial charge on any atom is -0.497 e. The van der Waals surface area contributed by atoms with Crippen LogP contribution in [-0.2, 0) is 6.54 Å². The van der Waals surface area contributed by atoms with Crippen LogP contribution >= 0.6 is 0 Å². The van der Waals surface area contributed by atoms with Gasteiger partial charge in [-0.25, -0.2) is 19.6 Å². The van der Waals surface area contributed by atoms with Gasteiger partial charge in [0, 0.05) is 124 Å². The predicted molar refractivity (Wildman–Crippen MR) is 383 cm³/mol. The first-order valence-electron chi connectivity index (χ1n) is 32.4. The summed E-state index contributed by atoms with van der Waals surface area (Å²) < 4.78 is 45.4. The van der Waals surface area contributed by atoms with E-state index in [4.69, 9.17) is 42.9 Å². The van der Waals surface area contributed by atoms with E-state index in [1.807, 2.05) is 89.3 Å². The van der Waals surface area contributed by atoms with Gasteiger partial charge in [-0.1, -0.05) is 50.2 Å². The van der Waals surface area contributed by atoms with Crippen molar-refractivity contribution >= 4 is 53.0 Å². The van der Waals surface area contributed by atoms with Gasteiger partial charge in [0.05, 0.1) is 61.5 Å². The summed E-state index contributed by atoms with van der Waals surface area (Å²) in [7, 11) is 14.8. The number of anilines is 6. The third-order valence-electron chi connectivity index (χ3n) is 17.3. The number of benzene rings is 6. The topological polar surface area (TPSA) is 240 Å². The van der Waals surface area contributed by atoms with Crippen LogP contribution in [0.15, 0.2) is 121 Å². The Bertz CT molecular complexity index is 4010. The van der Waals surface area contributed by atoms with Gasteiger partial charge in [0.15, 0.2) is 23.0 Å². The molecule has 6 aromatic carbocycles. The fourth-order valence-corrected chi connectivity index (χ4v) is 11.1. The maximum Gasteiger partial charge on any atom is 0.420 e. The number of piperazine rings is 1. The number of nitrogens with zero attached hydrogens (tertiary/aromatic N) is 10. The van der Waals surface area contributed by atoms with Gasteiger partial charge in [0.25, 0.3) is 5.91 Å². The summed E-state index contributed by atoms with van der Waals surface area (Å²) in [6.07, 6.45) is 0.480. The molecule has 0 saturated carbocycles. The predicted octanol–water partition coefficient (Wildman–Crippen LogP) is 12.8. The maximum atomic E-state index is 13.4. The molecule has 24 heteroatoms. The summed E-state index contributed by atoms with van der Waals surface area (Å²) in [6.45, 7) is 21.3. The fourth-order valence-electron chi connectivity index (χ4n) is 11.1. The monoisotopic (exact) mass is 1340 g/mol. The van der Waals surface area contributed by atoms with Crippen molar-refractivity contribution in [1.29, 1.82) is 0 Å². The van der Waals surface area contributed by atoms with Gasteiger partial charge in [-0.05, 0) is 137 Å². The second kappa shape index (κ2) is 35.0. The van der Waals surface area contributed by atoms with E-state index in [2.05, 4.69) is 61.2 Å². The average Bonchev–Trinajstić information content (AvgIpc) is 0.783. The van der Waals surface area contributed by atoms with Gasteiger partial charge < -0.3 is 73.2 Å². The highest BCUT2D eigenvalue weighted by atomic mass is 16.6. The average molecular weight is 1340 g/mol. The minimum atomic E-state index is -1.20. The first kappa shape index (κ1) is 73.4. The van der Waals surface area contributed by atoms with Gasteiger partial charge in [0.1, 0.15) is 28.9 Å². The zero-order valence-electron chi connectivity index (χ0n) is 58.9. The van der Waals surface area contributed by atoms with E-state index >= 15 is 0 Å². The molecule has 0 atom stereocenters. The van der Waals surface area contributed by atoms with Gasteiger partial charge in [-0.15, -0.1) is 0 Å². The second-order valence-corrected chi connectivity index (χ2v) is 23.4. The zero-order chi connectivity index (χ0) is 70.6. The number of rotatable bonds is 28. The Hall–Kier alpha value is -10.4. The normalized spacial score (nSPS) is 12.2. The Morgan fingerprint density at radius 1 is 0.602 bits per heavy atom. The van der Waals surface area contributed by atoms with E-state index in [9.17, 15) is 19.5 Å². The van der Waals surface area contributed by atoms with Crippen molar-refractivity contribution in [3.8, 4) is 68.4 Å². The maximum absolute atomic E-state index is 13.4. The van der Waals surface area contributed by atoms with E-state index in [0.717, 1.165) is 103 Å². The Kier molecular flexibility index (Phi) is 26.2. The molecule has 1 aliphatic heterocycles. The Balaban J connectivity index is 0.000000251. The molecule has 8 aromatic rings. The standard InChI is InChI=1S/C38H48N6O7.C36H44N6O5/c1-25-10-8-11-28(26(25)2)35-29(30(47-4)12-13-31(35)48-5)24-44(38(45)46)34-14-15-39-37(41-34)40-27-22-32(49-6)36(50-7)33(23-27)51-21-9-16-43-19-17-42(3)18-20-43;1-9-42(10-2)21-20-40(5)34(43)26-14-16-27(17-15-26)37-35-38-30(29-13-11-12-24(3)25(29)4)23-33(39-35)41(6)36(44)47-32-22-28(45-7)18-19-31(32)46-8/h8,10-15,22-23H,9,16-21,24H2,1-7H3,(H,45,46)(H,39,40,41);11-19,22-23H,9-10,20-21H2,1-8H3,(H,37,38,39). The van der Waals surface area contributed by atoms with Crippen LogP contribution in [0.2, 0.25) is 0 Å². The summed E-state index contributed by atoms with van der Waals surface area (Å²) in [5, 5.41) is 16.9. The smallest absolute Gasteiger partial charge is 0.420 e. The lowest BCUT2D eigenvalue weighted by Crippen LogP contribution is -2.44. The van der Waals surface area contributed by atoms with E-state index in [1.54, 1.807) is 101 Å². The van der Waals surface area contributed by atoms with Crippen LogP contribution in [0.5, 0.6) is 46.0 Å². The second-order valence-electron chi connectivity index (χ2n) is 23.4. The number of carboxylic acid groups (broad SMARTS) is 1. The van der Waals surface area contributed by atoms with Crippen LogP contribution < -0.4 is 58.3 Å². The number of aryl methyl sites for hydroxylation is 2. The number of ether oxygens (including phenoxy) is 8. The van der Waals surface area contributed by atoms with Gasteiger partial charge >= 0.3 is 12.2 Å². The number of methoxy groups -OCH3 is 6. The van der Waals surface area contributed by atoms with E-state index < -0.39 is 12.2 Å². The summed E-state index contributed by atoms with van der Waals surface area (Å²) in [5.74, 6) is 4.54. The lowest BCUT2D eigenvalue weighted by molar-refractivity contribution is 0.0779. The third kappa shape index (κ3) is 18.6. The van der Waals surface area contributed by atoms with Crippen molar-refractivity contribution in [3.05, 3.63) is 155 Å². The number of hydrogen-bond acceptors (Lipinski definition) is 20. The minimum absolute atomic E-state index is 0.0491. The van der Waals surface area contributed by atoms with Crippen LogP contribution in [0.25, 0.3) is 22.4 Å². The van der Waals surface area contributed by atoms with E-state index in [1.165, 1.54) is 25.3 Å². The largest absolute Gasteiger partial charge is 0.497 e. The summed E-state index contributed by atoms with van der Waals surface area (Å²) in [5.41, 5.74) is 9.98. The van der Waals surface area contributed by atoms with Crippen LogP contribution in [0.4, 0.5) is 44.5 Å². The highest BCUT2D eigenvalue weighted by molar-refractivity contribution is 5.94. The number of hydrogen-bond donors (Lipinski definition) is 3. The fraction of sp³-hybridized carbons (Fsp3) is 0.365. The number of carbonyl (C=O) groups is 3. The summed E-state index contributed by atoms with van der Waals surface area (Å²) in [4.78, 5) is 69.0. The molecule has 24 nitrogen and oxygen atoms in total. The van der Waals surface area contributed by atoms with Crippen LogP contribution in [0.3, 0.4) is 0 Å². The molecule has 1 saturated heterocycles. The van der Waals surface area contributed by atoms with Crippen LogP contribution in [0, 0.1) is 27.7 Å². The molecule has 0 radical (unpaired) electrons. The van der Waals surface area contributed by atoms with Gasteiger partial charge in [-0.2, -0.15) is 9.97 Å². The molecule has 9 rings (SSSR count). The molecule has 1 fully saturated rings. The molecule has 2 aromatic heterocycles. The number of aromatic nitrogens is 4. The van der Waals surface area contributed by atoms with Gasteiger partial charge in [0.2, 0.25) is 17.6 Å². The molecule has 3 amide bonds. The molecule has 3 N–H and O–H groups in total. The summed E-state index contributed by atoms with van der Waals surface area (Å²) in [6, 6.07) is 34.6. The summed E-state index contributed by atoms with van der Waals surface area (Å²) >= 11 is 0. The van der Waals surface area contributed by atoms with E-state index in [0.29, 0.717) is 87.4 Å². The quantitative estimate of drug-likeness (QED) is 0.0386. The van der Waals surface area contributed by atoms with Crippen molar-refractivity contribution in [3.63, 3.8) is 0 Å². The third-order valence-corrected chi connectivity index (χ3v) is 17.3. The lowest BCUT2D eigenvalue weighted by atomic mass is 9.92. The first-order valence-corrected chi connectivity index (χ1v) is 32.4. The van der Waals surface area contributed by atoms with Crippen LogP contribution in [-0.4, -0.2) is 192 Å². The first-order chi connectivity index (χ1) is 47.2. The molecule has 0 bridgehead atoms. The van der Waals surface area contributed by atoms with Crippen LogP contribution in [0.1, 0.15) is 58.4 Å². The molecule has 1 aliphatic rings. The molecule has 0 aliphatic carbocycles. The highest BCUT2D eigenvalue weighted by Gasteiger charge is 2.27. The molecule has 0 spiro atoms. The van der Waals surface area contributed by atoms with Crippen molar-refractivity contribution in [2.45, 2.75) is 54.5 Å². The molecule has 98 heavy (non-hydrogen) atoms. The Morgan fingerprint density at radius 2 is 1.22 bits per heavy atom. The SMILES string of the molecule is CCN(CC)CCN(C)C(=O)c1ccc(Nc2nc(-c3cccc(C)c3C)cc(N(C)C(=O)Oc3cc(OC)ccc3OC)n2)cc1.COc1ccc(OC)c(-c2cccc(C)c2C)c1CN(C(=O)O)c1ccnc(Nc2cc(OC)c(OC)c(OCCCN3CCN(C)CC3)c2)n1. The zero-order valence-corrected chi connectivity index (χ0v) is 58.9. The van der Waals surface area contributed by atoms with Crippen molar-refractivity contribution in [1.82, 2.24) is 39.5 Å². The molecule has 520 valence electrons. The Morgan fingerprint density at radius 3 is 1.87 bits per heavy atom. The lowest BCUT2D eigenvalue weighted by Gasteiger charge is -2.32. The molecular formula is C74H92N12O12. The van der Waals surface area contributed by atoms with E-state index in [-0.39, 0.29) is 35.9 Å². The number of nitrogens with one attached hydrogen (secondary N) is 2. The van der Waals surface area contributed by atoms with Crippen molar-refractivity contribution in [2.75, 3.05) is 150 Å². The van der Waals surface area contributed by atoms with Crippen molar-refractivity contribution < 1.29 is 57.4 Å². The number of amides is 3. The molecule has 3 heterocycles. The van der Waals surface area contributed by atoms with Gasteiger partial charge in [-0.3, -0.25) is 14.6 Å². The number of carbonyl (C=O) groups excluding carboxylic acids is 2.